The predicted octanol–water partition coefficient (Wildman–Crippen LogP) is 3.79. The molecular formula is C16H16INO2. The van der Waals surface area contributed by atoms with E-state index in [1.807, 2.05) is 49.4 Å². The van der Waals surface area contributed by atoms with Gasteiger partial charge in [-0.15, -0.1) is 0 Å². The van der Waals surface area contributed by atoms with Crippen molar-refractivity contribution in [3.05, 3.63) is 57.2 Å². The molecule has 0 aromatic heterocycles. The Labute approximate surface area is 132 Å². The van der Waals surface area contributed by atoms with Crippen molar-refractivity contribution < 1.29 is 9.53 Å². The second-order valence-electron chi connectivity index (χ2n) is 4.54. The van der Waals surface area contributed by atoms with E-state index in [0.29, 0.717) is 6.42 Å². The highest BCUT2D eigenvalue weighted by atomic mass is 127. The number of nitrogens with one attached hydrogen (secondary N) is 1. The molecule has 0 bridgehead atoms. The number of anilines is 1. The van der Waals surface area contributed by atoms with Crippen molar-refractivity contribution in [2.75, 3.05) is 12.4 Å². The Morgan fingerprint density at radius 2 is 2.05 bits per heavy atom. The van der Waals surface area contributed by atoms with E-state index in [-0.39, 0.29) is 5.91 Å². The molecule has 0 fully saturated rings. The standard InChI is InChI=1S/C16H16INO2/c1-11-8-13(17)6-7-15(11)18-16(19)10-12-4-3-5-14(9-12)20-2/h3-9H,10H2,1-2H3,(H,18,19). The molecule has 0 heterocycles. The lowest BCUT2D eigenvalue weighted by atomic mass is 10.1. The van der Waals surface area contributed by atoms with E-state index in [2.05, 4.69) is 27.9 Å². The summed E-state index contributed by atoms with van der Waals surface area (Å²) >= 11 is 2.26. The van der Waals surface area contributed by atoms with Crippen LogP contribution in [0.25, 0.3) is 0 Å². The second kappa shape index (κ2) is 6.74. The van der Waals surface area contributed by atoms with Gasteiger partial charge in [0.15, 0.2) is 0 Å². The number of amides is 1. The van der Waals surface area contributed by atoms with Crippen molar-refractivity contribution >= 4 is 34.2 Å². The van der Waals surface area contributed by atoms with Crippen LogP contribution in [0, 0.1) is 10.5 Å². The van der Waals surface area contributed by atoms with E-state index < -0.39 is 0 Å². The molecule has 0 aliphatic carbocycles. The van der Waals surface area contributed by atoms with Crippen LogP contribution < -0.4 is 10.1 Å². The number of benzene rings is 2. The number of carbonyl (C=O) groups is 1. The molecule has 104 valence electrons. The molecule has 2 aromatic carbocycles. The van der Waals surface area contributed by atoms with Crippen molar-refractivity contribution in [2.24, 2.45) is 0 Å². The van der Waals surface area contributed by atoms with Gasteiger partial charge in [0, 0.05) is 9.26 Å². The first-order chi connectivity index (χ1) is 9.58. The van der Waals surface area contributed by atoms with Gasteiger partial charge in [0.05, 0.1) is 13.5 Å². The third-order valence-corrected chi connectivity index (χ3v) is 3.63. The van der Waals surface area contributed by atoms with E-state index in [1.54, 1.807) is 7.11 Å². The van der Waals surface area contributed by atoms with Gasteiger partial charge in [-0.25, -0.2) is 0 Å². The molecule has 2 rings (SSSR count). The molecule has 0 unspecified atom stereocenters. The Balaban J connectivity index is 2.05. The van der Waals surface area contributed by atoms with Gasteiger partial charge in [-0.1, -0.05) is 12.1 Å². The van der Waals surface area contributed by atoms with E-state index in [9.17, 15) is 4.79 Å². The number of ether oxygens (including phenoxy) is 1. The average molecular weight is 381 g/mol. The van der Waals surface area contributed by atoms with Gasteiger partial charge < -0.3 is 10.1 Å². The number of hydrogen-bond acceptors (Lipinski definition) is 2. The summed E-state index contributed by atoms with van der Waals surface area (Å²) in [7, 11) is 1.62. The van der Waals surface area contributed by atoms with Gasteiger partial charge in [-0.3, -0.25) is 4.79 Å². The minimum atomic E-state index is -0.0254. The summed E-state index contributed by atoms with van der Waals surface area (Å²) in [6.07, 6.45) is 0.336. The Bertz CT molecular complexity index is 626. The number of aryl methyl sites for hydroxylation is 1. The largest absolute Gasteiger partial charge is 0.497 e. The maximum Gasteiger partial charge on any atom is 0.228 e. The second-order valence-corrected chi connectivity index (χ2v) is 5.78. The van der Waals surface area contributed by atoms with Gasteiger partial charge in [-0.2, -0.15) is 0 Å². The van der Waals surface area contributed by atoms with E-state index in [0.717, 1.165) is 26.1 Å². The van der Waals surface area contributed by atoms with Crippen LogP contribution in [0.3, 0.4) is 0 Å². The Morgan fingerprint density at radius 3 is 2.75 bits per heavy atom. The molecule has 0 spiro atoms. The Morgan fingerprint density at radius 1 is 1.25 bits per heavy atom. The molecule has 3 nitrogen and oxygen atoms in total. The first kappa shape index (κ1) is 14.8. The zero-order valence-corrected chi connectivity index (χ0v) is 13.6. The maximum atomic E-state index is 12.1. The van der Waals surface area contributed by atoms with Crippen molar-refractivity contribution in [3.8, 4) is 5.75 Å². The number of rotatable bonds is 4. The topological polar surface area (TPSA) is 38.3 Å². The van der Waals surface area contributed by atoms with Crippen LogP contribution in [-0.2, 0) is 11.2 Å². The number of carbonyl (C=O) groups excluding carboxylic acids is 1. The fourth-order valence-corrected chi connectivity index (χ4v) is 2.58. The molecule has 20 heavy (non-hydrogen) atoms. The number of methoxy groups -OCH3 is 1. The number of halogens is 1. The maximum absolute atomic E-state index is 12.1. The van der Waals surface area contributed by atoms with E-state index in [4.69, 9.17) is 4.74 Å². The molecule has 1 amide bonds. The minimum absolute atomic E-state index is 0.0254. The summed E-state index contributed by atoms with van der Waals surface area (Å²) in [6.45, 7) is 1.99. The van der Waals surface area contributed by atoms with Gasteiger partial charge in [0.2, 0.25) is 5.91 Å². The van der Waals surface area contributed by atoms with Crippen LogP contribution in [0.5, 0.6) is 5.75 Å². The lowest BCUT2D eigenvalue weighted by Gasteiger charge is -2.09. The highest BCUT2D eigenvalue weighted by Gasteiger charge is 2.07. The summed E-state index contributed by atoms with van der Waals surface area (Å²) in [4.78, 5) is 12.1. The van der Waals surface area contributed by atoms with Crippen LogP contribution in [-0.4, -0.2) is 13.0 Å². The monoisotopic (exact) mass is 381 g/mol. The fraction of sp³-hybridized carbons (Fsp3) is 0.188. The molecule has 0 aliphatic rings. The van der Waals surface area contributed by atoms with Crippen LogP contribution in [0.1, 0.15) is 11.1 Å². The average Bonchev–Trinajstić information content (AvgIpc) is 2.42. The fourth-order valence-electron chi connectivity index (χ4n) is 1.93. The lowest BCUT2D eigenvalue weighted by Crippen LogP contribution is -2.15. The van der Waals surface area contributed by atoms with Crippen molar-refractivity contribution in [1.82, 2.24) is 0 Å². The molecule has 4 heteroatoms. The first-order valence-corrected chi connectivity index (χ1v) is 7.35. The summed E-state index contributed by atoms with van der Waals surface area (Å²) in [5, 5.41) is 2.94. The van der Waals surface area contributed by atoms with Crippen LogP contribution in [0.2, 0.25) is 0 Å². The third-order valence-electron chi connectivity index (χ3n) is 2.96. The van der Waals surface area contributed by atoms with Gasteiger partial charge >= 0.3 is 0 Å². The quantitative estimate of drug-likeness (QED) is 0.819. The van der Waals surface area contributed by atoms with E-state index in [1.165, 1.54) is 0 Å². The molecular weight excluding hydrogens is 365 g/mol. The van der Waals surface area contributed by atoms with Gasteiger partial charge in [0.1, 0.15) is 5.75 Å². The van der Waals surface area contributed by atoms with Crippen molar-refractivity contribution in [3.63, 3.8) is 0 Å². The van der Waals surface area contributed by atoms with Crippen molar-refractivity contribution in [2.45, 2.75) is 13.3 Å². The Hall–Kier alpha value is -1.56. The van der Waals surface area contributed by atoms with Crippen LogP contribution in [0.4, 0.5) is 5.69 Å². The van der Waals surface area contributed by atoms with E-state index >= 15 is 0 Å². The number of hydrogen-bond donors (Lipinski definition) is 1. The molecule has 0 atom stereocenters. The zero-order chi connectivity index (χ0) is 14.5. The minimum Gasteiger partial charge on any atom is -0.497 e. The van der Waals surface area contributed by atoms with Crippen molar-refractivity contribution in [1.29, 1.82) is 0 Å². The summed E-state index contributed by atoms with van der Waals surface area (Å²) in [5.74, 6) is 0.739. The van der Waals surface area contributed by atoms with Gasteiger partial charge in [-0.05, 0) is 71.0 Å². The molecule has 0 aliphatic heterocycles. The normalized spacial score (nSPS) is 10.2. The summed E-state index contributed by atoms with van der Waals surface area (Å²) < 4.78 is 6.31. The van der Waals surface area contributed by atoms with Gasteiger partial charge in [0.25, 0.3) is 0 Å². The first-order valence-electron chi connectivity index (χ1n) is 6.27. The third kappa shape index (κ3) is 3.96. The molecule has 0 saturated carbocycles. The highest BCUT2D eigenvalue weighted by Crippen LogP contribution is 2.18. The van der Waals surface area contributed by atoms with Crippen LogP contribution in [0.15, 0.2) is 42.5 Å². The predicted molar refractivity (Wildman–Crippen MR) is 89.2 cm³/mol. The SMILES string of the molecule is COc1cccc(CC(=O)Nc2ccc(I)cc2C)c1. The smallest absolute Gasteiger partial charge is 0.228 e. The molecule has 0 saturated heterocycles. The zero-order valence-electron chi connectivity index (χ0n) is 11.4. The summed E-state index contributed by atoms with van der Waals surface area (Å²) in [6, 6.07) is 13.5. The van der Waals surface area contributed by atoms with Crippen LogP contribution >= 0.6 is 22.6 Å². The lowest BCUT2D eigenvalue weighted by molar-refractivity contribution is -0.115. The molecule has 2 aromatic rings. The molecule has 0 radical (unpaired) electrons. The Kier molecular flexibility index (Phi) is 5.00. The molecule has 1 N–H and O–H groups in total. The highest BCUT2D eigenvalue weighted by molar-refractivity contribution is 14.1. The summed E-state index contributed by atoms with van der Waals surface area (Å²) in [5.41, 5.74) is 2.86.